The van der Waals surface area contributed by atoms with Crippen molar-refractivity contribution in [1.29, 1.82) is 0 Å². The van der Waals surface area contributed by atoms with Gasteiger partial charge in [-0.1, -0.05) is 0 Å². The normalized spacial score (nSPS) is 25.3. The number of amides is 1. The zero-order valence-corrected chi connectivity index (χ0v) is 14.9. The lowest BCUT2D eigenvalue weighted by atomic mass is 9.87. The Morgan fingerprint density at radius 3 is 2.60 bits per heavy atom. The minimum Gasteiger partial charge on any atom is -0.497 e. The van der Waals surface area contributed by atoms with Crippen LogP contribution in [-0.2, 0) is 9.47 Å². The molecular weight excluding hydrogens is 318 g/mol. The van der Waals surface area contributed by atoms with Gasteiger partial charge >= 0.3 is 0 Å². The second-order valence-corrected chi connectivity index (χ2v) is 7.62. The van der Waals surface area contributed by atoms with Crippen molar-refractivity contribution < 1.29 is 19.0 Å². The number of piperidine rings is 1. The fourth-order valence-electron chi connectivity index (χ4n) is 3.85. The molecule has 5 nitrogen and oxygen atoms in total. The lowest BCUT2D eigenvalue weighted by molar-refractivity contribution is -0.0410. The predicted molar refractivity (Wildman–Crippen MR) is 93.9 cm³/mol. The van der Waals surface area contributed by atoms with E-state index in [2.05, 4.69) is 0 Å². The summed E-state index contributed by atoms with van der Waals surface area (Å²) in [5.74, 6) is 1.66. The standard InChI is InChI=1S/C20H27NO4/c1-23-17-6-4-16(5-7-17)19(22)21-10-8-20(9-11-21)12-18(14-25-20)24-13-15-2-3-15/h4-7,15,18H,2-3,8-14H2,1H3/t18-/m0/s1. The third-order valence-corrected chi connectivity index (χ3v) is 5.74. The first-order chi connectivity index (χ1) is 12.2. The largest absolute Gasteiger partial charge is 0.497 e. The molecule has 2 aliphatic heterocycles. The number of rotatable bonds is 5. The van der Waals surface area contributed by atoms with Crippen molar-refractivity contribution in [1.82, 2.24) is 4.90 Å². The van der Waals surface area contributed by atoms with Crippen LogP contribution >= 0.6 is 0 Å². The summed E-state index contributed by atoms with van der Waals surface area (Å²) in [6.45, 7) is 3.10. The van der Waals surface area contributed by atoms with Crippen LogP contribution < -0.4 is 4.74 Å². The van der Waals surface area contributed by atoms with Crippen molar-refractivity contribution >= 4 is 5.91 Å². The Bertz CT molecular complexity index is 603. The Kier molecular flexibility index (Phi) is 4.69. The molecule has 1 spiro atoms. The zero-order chi connectivity index (χ0) is 17.3. The molecular formula is C20H27NO4. The molecule has 4 rings (SSSR count). The lowest BCUT2D eigenvalue weighted by Crippen LogP contribution is -2.46. The number of carbonyl (C=O) groups excluding carboxylic acids is 1. The summed E-state index contributed by atoms with van der Waals surface area (Å²) in [4.78, 5) is 14.6. The molecule has 1 aromatic rings. The number of ether oxygens (including phenoxy) is 3. The molecule has 0 unspecified atom stereocenters. The maximum Gasteiger partial charge on any atom is 0.253 e. The quantitative estimate of drug-likeness (QED) is 0.823. The van der Waals surface area contributed by atoms with Gasteiger partial charge in [-0.05, 0) is 55.9 Å². The summed E-state index contributed by atoms with van der Waals surface area (Å²) in [6.07, 6.45) is 5.66. The molecule has 2 heterocycles. The van der Waals surface area contributed by atoms with Gasteiger partial charge in [0.15, 0.2) is 0 Å². The topological polar surface area (TPSA) is 48.0 Å². The van der Waals surface area contributed by atoms with E-state index in [1.54, 1.807) is 7.11 Å². The van der Waals surface area contributed by atoms with E-state index in [0.29, 0.717) is 6.61 Å². The minimum absolute atomic E-state index is 0.0785. The third kappa shape index (κ3) is 3.82. The number of benzene rings is 1. The van der Waals surface area contributed by atoms with Gasteiger partial charge in [0.25, 0.3) is 5.91 Å². The van der Waals surface area contributed by atoms with Gasteiger partial charge in [-0.3, -0.25) is 4.79 Å². The summed E-state index contributed by atoms with van der Waals surface area (Å²) in [7, 11) is 1.63. The average Bonchev–Trinajstić information content (AvgIpc) is 3.41. The van der Waals surface area contributed by atoms with Crippen LogP contribution in [-0.4, -0.2) is 55.9 Å². The molecule has 1 aromatic carbocycles. The monoisotopic (exact) mass is 345 g/mol. The first-order valence-corrected chi connectivity index (χ1v) is 9.36. The number of hydrogen-bond donors (Lipinski definition) is 0. The van der Waals surface area contributed by atoms with E-state index in [0.717, 1.165) is 56.2 Å². The van der Waals surface area contributed by atoms with Crippen molar-refractivity contribution in [3.63, 3.8) is 0 Å². The summed E-state index contributed by atoms with van der Waals surface area (Å²) in [5.41, 5.74) is 0.639. The Labute approximate surface area is 149 Å². The maximum absolute atomic E-state index is 12.7. The molecule has 0 radical (unpaired) electrons. The van der Waals surface area contributed by atoms with Crippen LogP contribution in [0.1, 0.15) is 42.5 Å². The second kappa shape index (κ2) is 6.96. The highest BCUT2D eigenvalue weighted by atomic mass is 16.6. The van der Waals surface area contributed by atoms with E-state index in [4.69, 9.17) is 14.2 Å². The highest BCUT2D eigenvalue weighted by molar-refractivity contribution is 5.94. The van der Waals surface area contributed by atoms with Gasteiger partial charge in [-0.25, -0.2) is 0 Å². The van der Waals surface area contributed by atoms with E-state index in [1.807, 2.05) is 29.2 Å². The summed E-state index contributed by atoms with van der Waals surface area (Å²) >= 11 is 0. The van der Waals surface area contributed by atoms with Gasteiger partial charge in [0, 0.05) is 31.7 Å². The fourth-order valence-corrected chi connectivity index (χ4v) is 3.85. The van der Waals surface area contributed by atoms with E-state index < -0.39 is 0 Å². The molecule has 0 N–H and O–H groups in total. The molecule has 1 atom stereocenters. The zero-order valence-electron chi connectivity index (χ0n) is 14.9. The lowest BCUT2D eigenvalue weighted by Gasteiger charge is -2.38. The van der Waals surface area contributed by atoms with Crippen molar-refractivity contribution in [3.8, 4) is 5.75 Å². The molecule has 1 saturated carbocycles. The van der Waals surface area contributed by atoms with Crippen LogP contribution in [0.3, 0.4) is 0 Å². The Morgan fingerprint density at radius 2 is 1.96 bits per heavy atom. The van der Waals surface area contributed by atoms with Gasteiger partial charge in [-0.2, -0.15) is 0 Å². The van der Waals surface area contributed by atoms with Gasteiger partial charge in [0.2, 0.25) is 0 Å². The van der Waals surface area contributed by atoms with E-state index in [-0.39, 0.29) is 17.6 Å². The molecule has 3 fully saturated rings. The van der Waals surface area contributed by atoms with E-state index in [1.165, 1.54) is 12.8 Å². The van der Waals surface area contributed by atoms with Crippen LogP contribution in [0.25, 0.3) is 0 Å². The highest BCUT2D eigenvalue weighted by Gasteiger charge is 2.44. The van der Waals surface area contributed by atoms with Crippen LogP contribution in [0.5, 0.6) is 5.75 Å². The Hall–Kier alpha value is -1.59. The highest BCUT2D eigenvalue weighted by Crippen LogP contribution is 2.38. The van der Waals surface area contributed by atoms with E-state index >= 15 is 0 Å². The van der Waals surface area contributed by atoms with Gasteiger partial charge < -0.3 is 19.1 Å². The molecule has 136 valence electrons. The van der Waals surface area contributed by atoms with Crippen molar-refractivity contribution in [2.75, 3.05) is 33.4 Å². The average molecular weight is 345 g/mol. The fraction of sp³-hybridized carbons (Fsp3) is 0.650. The molecule has 1 aliphatic carbocycles. The van der Waals surface area contributed by atoms with Crippen LogP contribution in [0.2, 0.25) is 0 Å². The first-order valence-electron chi connectivity index (χ1n) is 9.36. The number of hydrogen-bond acceptors (Lipinski definition) is 4. The summed E-state index contributed by atoms with van der Waals surface area (Å²) in [6, 6.07) is 7.33. The number of methoxy groups -OCH3 is 1. The SMILES string of the molecule is COc1ccc(C(=O)N2CCC3(CC2)C[C@H](OCC2CC2)CO3)cc1. The van der Waals surface area contributed by atoms with Gasteiger partial charge in [0.1, 0.15) is 5.75 Å². The number of nitrogens with zero attached hydrogens (tertiary/aromatic N) is 1. The number of carbonyl (C=O) groups is 1. The van der Waals surface area contributed by atoms with Crippen LogP contribution in [0.4, 0.5) is 0 Å². The molecule has 1 amide bonds. The Balaban J connectivity index is 1.29. The number of likely N-dealkylation sites (tertiary alicyclic amines) is 1. The predicted octanol–water partition coefficient (Wildman–Crippen LogP) is 2.89. The molecule has 3 aliphatic rings. The molecule has 25 heavy (non-hydrogen) atoms. The molecule has 5 heteroatoms. The second-order valence-electron chi connectivity index (χ2n) is 7.62. The minimum atomic E-state index is -0.0785. The van der Waals surface area contributed by atoms with Gasteiger partial charge in [-0.15, -0.1) is 0 Å². The van der Waals surface area contributed by atoms with Crippen molar-refractivity contribution in [2.45, 2.75) is 43.8 Å². The summed E-state index contributed by atoms with van der Waals surface area (Å²) in [5, 5.41) is 0. The summed E-state index contributed by atoms with van der Waals surface area (Å²) < 4.78 is 17.3. The first kappa shape index (κ1) is 16.9. The molecule has 0 bridgehead atoms. The smallest absolute Gasteiger partial charge is 0.253 e. The Morgan fingerprint density at radius 1 is 1.24 bits per heavy atom. The van der Waals surface area contributed by atoms with Crippen molar-refractivity contribution in [2.24, 2.45) is 5.92 Å². The molecule has 2 saturated heterocycles. The molecule has 0 aromatic heterocycles. The van der Waals surface area contributed by atoms with Crippen molar-refractivity contribution in [3.05, 3.63) is 29.8 Å². The van der Waals surface area contributed by atoms with Gasteiger partial charge in [0.05, 0.1) is 25.4 Å². The van der Waals surface area contributed by atoms with Crippen LogP contribution in [0, 0.1) is 5.92 Å². The van der Waals surface area contributed by atoms with Crippen LogP contribution in [0.15, 0.2) is 24.3 Å². The third-order valence-electron chi connectivity index (χ3n) is 5.74. The van der Waals surface area contributed by atoms with E-state index in [9.17, 15) is 4.79 Å². The maximum atomic E-state index is 12.7.